The Bertz CT molecular complexity index is 171. The van der Waals surface area contributed by atoms with Crippen molar-refractivity contribution in [2.75, 3.05) is 5.73 Å². The maximum Gasteiger partial charge on any atom is 0.123 e. The quantitative estimate of drug-likeness (QED) is 0.672. The van der Waals surface area contributed by atoms with Crippen molar-refractivity contribution in [3.05, 3.63) is 23.9 Å². The molecule has 0 saturated carbocycles. The van der Waals surface area contributed by atoms with Gasteiger partial charge in [0.25, 0.3) is 0 Å². The molecule has 2 N–H and O–H groups in total. The third kappa shape index (κ3) is 2.46. The average Bonchev–Trinajstić information content (AvgIpc) is 1.64. The van der Waals surface area contributed by atoms with Crippen LogP contribution in [0.2, 0.25) is 0 Å². The molecule has 0 fully saturated rings. The minimum absolute atomic E-state index is 0. The van der Waals surface area contributed by atoms with Crippen LogP contribution in [-0.4, -0.2) is 4.98 Å². The summed E-state index contributed by atoms with van der Waals surface area (Å²) in [5, 5.41) is 0. The fourth-order valence-corrected chi connectivity index (χ4v) is 0.560. The molecule has 0 aliphatic rings. The molecule has 9 heavy (non-hydrogen) atoms. The number of hydrogen-bond donors (Lipinski definition) is 1. The number of anilines is 1. The van der Waals surface area contributed by atoms with E-state index in [0.29, 0.717) is 5.82 Å². The molecule has 0 radical (unpaired) electrons. The van der Waals surface area contributed by atoms with E-state index in [-0.39, 0.29) is 17.0 Å². The highest BCUT2D eigenvalue weighted by Crippen LogP contribution is 1.98. The van der Waals surface area contributed by atoms with Gasteiger partial charge in [-0.1, -0.05) is 0 Å². The maximum atomic E-state index is 5.35. The van der Waals surface area contributed by atoms with Crippen molar-refractivity contribution >= 4 is 22.8 Å². The first-order valence-corrected chi connectivity index (χ1v) is 2.47. The lowest BCUT2D eigenvalue weighted by molar-refractivity contribution is 1.30. The number of halogens is 1. The Morgan fingerprint density at radius 2 is 2.22 bits per heavy atom. The van der Waals surface area contributed by atoms with Crippen LogP contribution in [0, 0.1) is 6.92 Å². The molecule has 0 atom stereocenters. The Kier molecular flexibility index (Phi) is 3.24. The molecule has 0 amide bonds. The summed E-state index contributed by atoms with van der Waals surface area (Å²) in [5.41, 5.74) is 6.50. The van der Waals surface area contributed by atoms with E-state index in [1.54, 1.807) is 6.20 Å². The summed E-state index contributed by atoms with van der Waals surface area (Å²) in [7, 11) is 0. The monoisotopic (exact) mass is 188 g/mol. The third-order valence-electron chi connectivity index (χ3n) is 0.937. The highest BCUT2D eigenvalue weighted by Gasteiger charge is 1.82. The van der Waals surface area contributed by atoms with Gasteiger partial charge in [-0.2, -0.15) is 0 Å². The molecule has 1 aromatic rings. The van der Waals surface area contributed by atoms with Gasteiger partial charge in [-0.3, -0.25) is 0 Å². The minimum atomic E-state index is 0. The standard InChI is InChI=1S/C6H8N2.BrH/c1-5-2-3-8-6(7)4-5;/h2-4H,1H3,(H2,7,8);1H. The summed E-state index contributed by atoms with van der Waals surface area (Å²) in [6.07, 6.45) is 1.70. The van der Waals surface area contributed by atoms with E-state index in [1.165, 1.54) is 0 Å². The number of hydrogen-bond acceptors (Lipinski definition) is 2. The highest BCUT2D eigenvalue weighted by atomic mass is 79.9. The number of pyridine rings is 1. The van der Waals surface area contributed by atoms with Crippen molar-refractivity contribution in [2.24, 2.45) is 0 Å². The fourth-order valence-electron chi connectivity index (χ4n) is 0.560. The Hall–Kier alpha value is -0.570. The van der Waals surface area contributed by atoms with E-state index in [9.17, 15) is 0 Å². The summed E-state index contributed by atoms with van der Waals surface area (Å²) in [4.78, 5) is 3.82. The second-order valence-corrected chi connectivity index (χ2v) is 1.76. The summed E-state index contributed by atoms with van der Waals surface area (Å²) < 4.78 is 0. The molecule has 1 heterocycles. The van der Waals surface area contributed by atoms with Crippen LogP contribution >= 0.6 is 17.0 Å². The molecule has 50 valence electrons. The Morgan fingerprint density at radius 1 is 1.56 bits per heavy atom. The van der Waals surface area contributed by atoms with Crippen molar-refractivity contribution in [3.8, 4) is 0 Å². The summed E-state index contributed by atoms with van der Waals surface area (Å²) in [6, 6.07) is 3.75. The second kappa shape index (κ2) is 3.45. The van der Waals surface area contributed by atoms with E-state index in [1.807, 2.05) is 19.1 Å². The smallest absolute Gasteiger partial charge is 0.123 e. The number of nitrogens with two attached hydrogens (primary N) is 1. The zero-order valence-corrected chi connectivity index (χ0v) is 6.88. The van der Waals surface area contributed by atoms with E-state index in [0.717, 1.165) is 5.56 Å². The molecular weight excluding hydrogens is 180 g/mol. The van der Waals surface area contributed by atoms with Crippen LogP contribution < -0.4 is 5.73 Å². The molecule has 3 heteroatoms. The van der Waals surface area contributed by atoms with Gasteiger partial charge in [-0.05, 0) is 24.6 Å². The predicted molar refractivity (Wildman–Crippen MR) is 43.7 cm³/mol. The first-order chi connectivity index (χ1) is 3.79. The van der Waals surface area contributed by atoms with Crippen molar-refractivity contribution in [3.63, 3.8) is 0 Å². The van der Waals surface area contributed by atoms with Gasteiger partial charge in [0.2, 0.25) is 0 Å². The lowest BCUT2D eigenvalue weighted by Crippen LogP contribution is -1.87. The first kappa shape index (κ1) is 8.43. The number of rotatable bonds is 0. The lowest BCUT2D eigenvalue weighted by atomic mass is 10.3. The first-order valence-electron chi connectivity index (χ1n) is 2.47. The van der Waals surface area contributed by atoms with E-state index in [2.05, 4.69) is 4.98 Å². The van der Waals surface area contributed by atoms with E-state index in [4.69, 9.17) is 5.73 Å². The van der Waals surface area contributed by atoms with Gasteiger partial charge in [0, 0.05) is 6.20 Å². The van der Waals surface area contributed by atoms with Gasteiger partial charge in [0.15, 0.2) is 0 Å². The second-order valence-electron chi connectivity index (χ2n) is 1.76. The highest BCUT2D eigenvalue weighted by molar-refractivity contribution is 8.93. The van der Waals surface area contributed by atoms with E-state index >= 15 is 0 Å². The van der Waals surface area contributed by atoms with Gasteiger partial charge in [0.1, 0.15) is 5.82 Å². The Balaban J connectivity index is 0.000000640. The number of nitrogens with zero attached hydrogens (tertiary/aromatic N) is 1. The third-order valence-corrected chi connectivity index (χ3v) is 0.937. The van der Waals surface area contributed by atoms with Gasteiger partial charge in [-0.25, -0.2) is 4.98 Å². The van der Waals surface area contributed by atoms with Crippen LogP contribution in [0.3, 0.4) is 0 Å². The van der Waals surface area contributed by atoms with Gasteiger partial charge < -0.3 is 5.73 Å². The zero-order valence-electron chi connectivity index (χ0n) is 5.16. The SMILES string of the molecule is Br.Cc1ccnc(N)c1. The molecule has 2 nitrogen and oxygen atoms in total. The fraction of sp³-hybridized carbons (Fsp3) is 0.167. The number of nitrogen functional groups attached to an aromatic ring is 1. The normalized spacial score (nSPS) is 8.11. The Morgan fingerprint density at radius 3 is 2.56 bits per heavy atom. The van der Waals surface area contributed by atoms with Crippen LogP contribution in [0.5, 0.6) is 0 Å². The molecule has 0 bridgehead atoms. The largest absolute Gasteiger partial charge is 0.384 e. The van der Waals surface area contributed by atoms with Gasteiger partial charge in [0.05, 0.1) is 0 Å². The molecule has 1 aromatic heterocycles. The van der Waals surface area contributed by atoms with Crippen molar-refractivity contribution < 1.29 is 0 Å². The molecule has 0 spiro atoms. The molecule has 0 aliphatic carbocycles. The molecule has 0 saturated heterocycles. The van der Waals surface area contributed by atoms with Crippen LogP contribution in [0.25, 0.3) is 0 Å². The van der Waals surface area contributed by atoms with Gasteiger partial charge >= 0.3 is 0 Å². The maximum absolute atomic E-state index is 5.35. The van der Waals surface area contributed by atoms with Gasteiger partial charge in [-0.15, -0.1) is 17.0 Å². The van der Waals surface area contributed by atoms with Crippen LogP contribution in [0.1, 0.15) is 5.56 Å². The predicted octanol–water partition coefficient (Wildman–Crippen LogP) is 1.55. The molecule has 0 aromatic carbocycles. The lowest BCUT2D eigenvalue weighted by Gasteiger charge is -1.90. The summed E-state index contributed by atoms with van der Waals surface area (Å²) in [5.74, 6) is 0.588. The van der Waals surface area contributed by atoms with Crippen molar-refractivity contribution in [1.29, 1.82) is 0 Å². The van der Waals surface area contributed by atoms with E-state index < -0.39 is 0 Å². The van der Waals surface area contributed by atoms with Crippen molar-refractivity contribution in [1.82, 2.24) is 4.98 Å². The number of aromatic nitrogens is 1. The van der Waals surface area contributed by atoms with Crippen LogP contribution in [0.4, 0.5) is 5.82 Å². The Labute approximate surface area is 64.9 Å². The molecule has 0 unspecified atom stereocenters. The zero-order chi connectivity index (χ0) is 5.98. The molecule has 0 aliphatic heterocycles. The molecular formula is C6H9BrN2. The minimum Gasteiger partial charge on any atom is -0.384 e. The number of aryl methyl sites for hydroxylation is 1. The van der Waals surface area contributed by atoms with Crippen LogP contribution in [0.15, 0.2) is 18.3 Å². The van der Waals surface area contributed by atoms with Crippen LogP contribution in [-0.2, 0) is 0 Å². The average molecular weight is 189 g/mol. The van der Waals surface area contributed by atoms with Crippen molar-refractivity contribution in [2.45, 2.75) is 6.92 Å². The molecule has 1 rings (SSSR count). The topological polar surface area (TPSA) is 38.9 Å². The summed E-state index contributed by atoms with van der Waals surface area (Å²) >= 11 is 0. The summed E-state index contributed by atoms with van der Waals surface area (Å²) in [6.45, 7) is 1.98.